The Morgan fingerprint density at radius 2 is 1.71 bits per heavy atom. The fraction of sp³-hybridized carbons (Fsp3) is 0. The third kappa shape index (κ3) is 2.08. The largest absolute Gasteiger partial charge is 0.507 e. The summed E-state index contributed by atoms with van der Waals surface area (Å²) in [7, 11) is 0. The molecule has 0 aliphatic rings. The zero-order valence-electron chi connectivity index (χ0n) is 8.96. The second-order valence-corrected chi connectivity index (χ2v) is 3.60. The predicted molar refractivity (Wildman–Crippen MR) is 64.3 cm³/mol. The molecule has 84 valence electrons. The van der Waals surface area contributed by atoms with Crippen molar-refractivity contribution in [2.75, 3.05) is 0 Å². The zero-order chi connectivity index (χ0) is 12.3. The average Bonchev–Trinajstić information content (AvgIpc) is 2.39. The second-order valence-electron chi connectivity index (χ2n) is 3.60. The minimum absolute atomic E-state index is 0.0643. The minimum atomic E-state index is -0.0643. The highest BCUT2D eigenvalue weighted by Crippen LogP contribution is 2.31. The smallest absolute Gasteiger partial charge is 0.153 e. The van der Waals surface area contributed by atoms with Gasteiger partial charge < -0.3 is 5.11 Å². The number of hydrogen-bond donors (Lipinski definition) is 1. The number of hydrogen-bond acceptors (Lipinski definition) is 3. The van der Waals surface area contributed by atoms with Gasteiger partial charge in [0, 0.05) is 11.1 Å². The summed E-state index contributed by atoms with van der Waals surface area (Å²) in [4.78, 5) is 21.4. The second kappa shape index (κ2) is 4.61. The molecule has 0 aliphatic heterocycles. The Morgan fingerprint density at radius 3 is 2.41 bits per heavy atom. The lowest BCUT2D eigenvalue weighted by molar-refractivity contribution is 0.111. The van der Waals surface area contributed by atoms with Gasteiger partial charge in [-0.15, -0.1) is 0 Å². The van der Waals surface area contributed by atoms with Crippen LogP contribution in [0.5, 0.6) is 5.75 Å². The molecule has 2 aromatic rings. The molecule has 3 heteroatoms. The molecular weight excluding hydrogens is 216 g/mol. The molecule has 0 aromatic heterocycles. The normalized spacial score (nSPS) is 9.88. The van der Waals surface area contributed by atoms with Crippen molar-refractivity contribution in [1.29, 1.82) is 0 Å². The molecule has 0 unspecified atom stereocenters. The van der Waals surface area contributed by atoms with Gasteiger partial charge in [0.2, 0.25) is 0 Å². The van der Waals surface area contributed by atoms with E-state index in [-0.39, 0.29) is 11.3 Å². The summed E-state index contributed by atoms with van der Waals surface area (Å²) in [6, 6.07) is 11.8. The monoisotopic (exact) mass is 226 g/mol. The highest BCUT2D eigenvalue weighted by Gasteiger charge is 2.08. The molecule has 0 saturated heterocycles. The van der Waals surface area contributed by atoms with Gasteiger partial charge in [0.15, 0.2) is 6.29 Å². The molecule has 0 spiro atoms. The highest BCUT2D eigenvalue weighted by atomic mass is 16.3. The molecule has 2 aromatic carbocycles. The molecule has 0 bridgehead atoms. The minimum Gasteiger partial charge on any atom is -0.507 e. The molecule has 0 aliphatic carbocycles. The summed E-state index contributed by atoms with van der Waals surface area (Å²) in [6.45, 7) is 0. The zero-order valence-corrected chi connectivity index (χ0v) is 8.96. The van der Waals surface area contributed by atoms with Crippen LogP contribution in [0.25, 0.3) is 11.1 Å². The maximum absolute atomic E-state index is 10.7. The van der Waals surface area contributed by atoms with Gasteiger partial charge in [-0.25, -0.2) is 0 Å². The van der Waals surface area contributed by atoms with E-state index < -0.39 is 0 Å². The van der Waals surface area contributed by atoms with Crippen molar-refractivity contribution in [1.82, 2.24) is 0 Å². The predicted octanol–water partition coefficient (Wildman–Crippen LogP) is 2.68. The van der Waals surface area contributed by atoms with E-state index in [1.165, 1.54) is 6.07 Å². The molecule has 0 saturated carbocycles. The average molecular weight is 226 g/mol. The molecule has 0 radical (unpaired) electrons. The van der Waals surface area contributed by atoms with Crippen molar-refractivity contribution < 1.29 is 14.7 Å². The van der Waals surface area contributed by atoms with Gasteiger partial charge in [0.25, 0.3) is 0 Å². The molecule has 0 atom stereocenters. The Balaban J connectivity index is 2.59. The molecule has 17 heavy (non-hydrogen) atoms. The lowest BCUT2D eigenvalue weighted by Crippen LogP contribution is -1.87. The maximum Gasteiger partial charge on any atom is 0.153 e. The topological polar surface area (TPSA) is 54.4 Å². The molecular formula is C14H10O3. The Labute approximate surface area is 98.3 Å². The van der Waals surface area contributed by atoms with Crippen LogP contribution < -0.4 is 0 Å². The van der Waals surface area contributed by atoms with E-state index in [0.717, 1.165) is 6.29 Å². The van der Waals surface area contributed by atoms with E-state index in [9.17, 15) is 14.7 Å². The van der Waals surface area contributed by atoms with Crippen molar-refractivity contribution in [3.05, 3.63) is 53.6 Å². The number of para-hydroxylation sites is 1. The van der Waals surface area contributed by atoms with Crippen LogP contribution >= 0.6 is 0 Å². The summed E-state index contributed by atoms with van der Waals surface area (Å²) in [5.74, 6) is -0.0643. The molecule has 1 N–H and O–H groups in total. The third-order valence-electron chi connectivity index (χ3n) is 2.53. The number of benzene rings is 2. The first-order chi connectivity index (χ1) is 8.26. The van der Waals surface area contributed by atoms with E-state index in [1.807, 2.05) is 0 Å². The van der Waals surface area contributed by atoms with Gasteiger partial charge in [0.05, 0.1) is 5.56 Å². The van der Waals surface area contributed by atoms with Crippen LogP contribution in [-0.2, 0) is 0 Å². The molecule has 0 amide bonds. The van der Waals surface area contributed by atoms with Crippen LogP contribution in [0.2, 0.25) is 0 Å². The van der Waals surface area contributed by atoms with Crippen LogP contribution in [0.4, 0.5) is 0 Å². The standard InChI is InChI=1S/C14H10O3/c15-8-10-3-1-4-11(7-10)13-6-2-5-12(9-16)14(13)17/h1-9,17H. The number of carbonyl (C=O) groups is 2. The van der Waals surface area contributed by atoms with Crippen LogP contribution in [-0.4, -0.2) is 17.7 Å². The van der Waals surface area contributed by atoms with Gasteiger partial charge in [-0.05, 0) is 17.7 Å². The van der Waals surface area contributed by atoms with Gasteiger partial charge in [0.1, 0.15) is 12.0 Å². The quantitative estimate of drug-likeness (QED) is 0.818. The van der Waals surface area contributed by atoms with Crippen LogP contribution in [0.15, 0.2) is 42.5 Å². The summed E-state index contributed by atoms with van der Waals surface area (Å²) in [5, 5.41) is 9.89. The lowest BCUT2D eigenvalue weighted by atomic mass is 10.0. The summed E-state index contributed by atoms with van der Waals surface area (Å²) in [5.41, 5.74) is 2.01. The van der Waals surface area contributed by atoms with Crippen LogP contribution in [0, 0.1) is 0 Å². The molecule has 0 heterocycles. The van der Waals surface area contributed by atoms with E-state index in [0.29, 0.717) is 23.0 Å². The van der Waals surface area contributed by atoms with E-state index >= 15 is 0 Å². The summed E-state index contributed by atoms with van der Waals surface area (Å²) < 4.78 is 0. The van der Waals surface area contributed by atoms with Gasteiger partial charge in [-0.2, -0.15) is 0 Å². The van der Waals surface area contributed by atoms with Crippen molar-refractivity contribution in [2.24, 2.45) is 0 Å². The van der Waals surface area contributed by atoms with E-state index in [4.69, 9.17) is 0 Å². The molecule has 2 rings (SSSR count). The Hall–Kier alpha value is -2.42. The lowest BCUT2D eigenvalue weighted by Gasteiger charge is -2.06. The maximum atomic E-state index is 10.7. The number of aldehydes is 2. The van der Waals surface area contributed by atoms with Gasteiger partial charge >= 0.3 is 0 Å². The fourth-order valence-electron chi connectivity index (χ4n) is 1.67. The Kier molecular flexibility index (Phi) is 3.01. The van der Waals surface area contributed by atoms with Gasteiger partial charge in [-0.1, -0.05) is 30.3 Å². The van der Waals surface area contributed by atoms with E-state index in [2.05, 4.69) is 0 Å². The summed E-state index contributed by atoms with van der Waals surface area (Å²) >= 11 is 0. The fourth-order valence-corrected chi connectivity index (χ4v) is 1.67. The molecule has 0 fully saturated rings. The van der Waals surface area contributed by atoms with Gasteiger partial charge in [-0.3, -0.25) is 9.59 Å². The van der Waals surface area contributed by atoms with Crippen molar-refractivity contribution >= 4 is 12.6 Å². The van der Waals surface area contributed by atoms with E-state index in [1.54, 1.807) is 36.4 Å². The van der Waals surface area contributed by atoms with Crippen LogP contribution in [0.3, 0.4) is 0 Å². The number of rotatable bonds is 3. The first-order valence-corrected chi connectivity index (χ1v) is 5.09. The first-order valence-electron chi connectivity index (χ1n) is 5.09. The third-order valence-corrected chi connectivity index (χ3v) is 2.53. The van der Waals surface area contributed by atoms with Crippen molar-refractivity contribution in [3.63, 3.8) is 0 Å². The summed E-state index contributed by atoms with van der Waals surface area (Å²) in [6.07, 6.45) is 1.34. The van der Waals surface area contributed by atoms with Crippen molar-refractivity contribution in [3.8, 4) is 16.9 Å². The number of phenolic OH excluding ortho intramolecular Hbond substituents is 1. The SMILES string of the molecule is O=Cc1cccc(-c2cccc(C=O)c2O)c1. The Bertz CT molecular complexity index is 573. The molecule has 3 nitrogen and oxygen atoms in total. The number of aromatic hydroxyl groups is 1. The number of phenols is 1. The number of carbonyl (C=O) groups excluding carboxylic acids is 2. The van der Waals surface area contributed by atoms with Crippen molar-refractivity contribution in [2.45, 2.75) is 0 Å². The van der Waals surface area contributed by atoms with Crippen LogP contribution in [0.1, 0.15) is 20.7 Å². The highest BCUT2D eigenvalue weighted by molar-refractivity contribution is 5.87. The first kappa shape index (κ1) is 11.1. The Morgan fingerprint density at radius 1 is 0.941 bits per heavy atom.